The molecule has 0 aromatic heterocycles. The molecule has 150 valence electrons. The van der Waals surface area contributed by atoms with Crippen LogP contribution in [-0.4, -0.2) is 38.2 Å². The largest absolute Gasteiger partial charge is 0.495 e. The van der Waals surface area contributed by atoms with Crippen molar-refractivity contribution in [3.8, 4) is 17.2 Å². The number of non-ortho nitro benzene ring substituents is 1. The minimum Gasteiger partial charge on any atom is -0.495 e. The lowest BCUT2D eigenvalue weighted by molar-refractivity contribution is -0.384. The van der Waals surface area contributed by atoms with Crippen LogP contribution in [0.2, 0.25) is 5.02 Å². The molecule has 0 spiro atoms. The zero-order valence-corrected chi connectivity index (χ0v) is 16.5. The maximum absolute atomic E-state index is 12.5. The Bertz CT molecular complexity index is 890. The quantitative estimate of drug-likeness (QED) is 0.504. The number of anilines is 2. The lowest BCUT2D eigenvalue weighted by atomic mass is 10.2. The topological polar surface area (TPSA) is 112 Å². The molecule has 2 rings (SSSR count). The summed E-state index contributed by atoms with van der Waals surface area (Å²) in [6, 6.07) is 6.44. The molecule has 0 radical (unpaired) electrons. The van der Waals surface area contributed by atoms with Gasteiger partial charge in [-0.15, -0.1) is 0 Å². The summed E-state index contributed by atoms with van der Waals surface area (Å²) in [6.07, 6.45) is 0. The number of methoxy groups -OCH3 is 3. The molecule has 9 nitrogen and oxygen atoms in total. The normalized spacial score (nSPS) is 11.3. The highest BCUT2D eigenvalue weighted by molar-refractivity contribution is 6.32. The van der Waals surface area contributed by atoms with Crippen LogP contribution in [-0.2, 0) is 4.79 Å². The van der Waals surface area contributed by atoms with Crippen LogP contribution in [0.3, 0.4) is 0 Å². The predicted octanol–water partition coefficient (Wildman–Crippen LogP) is 3.71. The van der Waals surface area contributed by atoms with Crippen LogP contribution in [0.5, 0.6) is 17.2 Å². The van der Waals surface area contributed by atoms with Crippen LogP contribution in [0.25, 0.3) is 0 Å². The number of amides is 1. The molecular weight excluding hydrogens is 390 g/mol. The Balaban J connectivity index is 2.18. The Hall–Kier alpha value is -3.20. The monoisotopic (exact) mass is 409 g/mol. The van der Waals surface area contributed by atoms with Crippen molar-refractivity contribution in [1.29, 1.82) is 0 Å². The van der Waals surface area contributed by atoms with E-state index in [1.165, 1.54) is 39.5 Å². The summed E-state index contributed by atoms with van der Waals surface area (Å²) in [5, 5.41) is 16.9. The first kappa shape index (κ1) is 21.1. The molecule has 1 atom stereocenters. The molecule has 0 aliphatic rings. The summed E-state index contributed by atoms with van der Waals surface area (Å²) >= 11 is 6.14. The lowest BCUT2D eigenvalue weighted by Gasteiger charge is -2.19. The minimum atomic E-state index is -0.682. The number of rotatable bonds is 8. The Kier molecular flexibility index (Phi) is 6.89. The second kappa shape index (κ2) is 9.14. The number of nitrogens with one attached hydrogen (secondary N) is 2. The van der Waals surface area contributed by atoms with Gasteiger partial charge >= 0.3 is 0 Å². The van der Waals surface area contributed by atoms with Crippen molar-refractivity contribution in [1.82, 2.24) is 0 Å². The number of nitrogens with zero attached hydrogens (tertiary/aromatic N) is 1. The second-order valence-electron chi connectivity index (χ2n) is 5.68. The van der Waals surface area contributed by atoms with Gasteiger partial charge in [0.15, 0.2) is 0 Å². The van der Waals surface area contributed by atoms with E-state index in [-0.39, 0.29) is 17.3 Å². The zero-order chi connectivity index (χ0) is 20.8. The van der Waals surface area contributed by atoms with Gasteiger partial charge in [-0.3, -0.25) is 14.9 Å². The average molecular weight is 410 g/mol. The number of hydrogen-bond donors (Lipinski definition) is 2. The fourth-order valence-corrected chi connectivity index (χ4v) is 2.65. The standard InChI is InChI=1S/C18H20ClN3O6/c1-10(20-14-8-12(19)15(26-2)9-17(14)28-4)18(23)21-13-6-5-11(22(24)25)7-16(13)27-3/h5-10,20H,1-4H3,(H,21,23)/t10-/m0/s1. The molecule has 0 fully saturated rings. The summed E-state index contributed by atoms with van der Waals surface area (Å²) in [4.78, 5) is 22.9. The molecule has 2 N–H and O–H groups in total. The molecule has 28 heavy (non-hydrogen) atoms. The first-order valence-corrected chi connectivity index (χ1v) is 8.49. The summed E-state index contributed by atoms with van der Waals surface area (Å²) in [7, 11) is 4.34. The third-order valence-corrected chi connectivity index (χ3v) is 4.19. The number of nitro benzene ring substituents is 1. The van der Waals surface area contributed by atoms with Gasteiger partial charge in [0.2, 0.25) is 5.91 Å². The van der Waals surface area contributed by atoms with Crippen molar-refractivity contribution >= 4 is 34.6 Å². The number of carbonyl (C=O) groups excluding carboxylic acids is 1. The third-order valence-electron chi connectivity index (χ3n) is 3.89. The van der Waals surface area contributed by atoms with Crippen molar-refractivity contribution in [2.24, 2.45) is 0 Å². The highest BCUT2D eigenvalue weighted by atomic mass is 35.5. The van der Waals surface area contributed by atoms with Crippen LogP contribution < -0.4 is 24.8 Å². The lowest BCUT2D eigenvalue weighted by Crippen LogP contribution is -2.32. The fourth-order valence-electron chi connectivity index (χ4n) is 2.41. The predicted molar refractivity (Wildman–Crippen MR) is 106 cm³/mol. The van der Waals surface area contributed by atoms with E-state index in [1.807, 2.05) is 0 Å². The Morgan fingerprint density at radius 2 is 1.64 bits per heavy atom. The number of hydrogen-bond acceptors (Lipinski definition) is 7. The Morgan fingerprint density at radius 1 is 1.04 bits per heavy atom. The number of halogens is 1. The van der Waals surface area contributed by atoms with Crippen LogP contribution in [0.15, 0.2) is 30.3 Å². The first-order chi connectivity index (χ1) is 13.3. The Morgan fingerprint density at radius 3 is 2.21 bits per heavy atom. The van der Waals surface area contributed by atoms with E-state index in [9.17, 15) is 14.9 Å². The van der Waals surface area contributed by atoms with Crippen molar-refractivity contribution in [3.05, 3.63) is 45.5 Å². The fraction of sp³-hybridized carbons (Fsp3) is 0.278. The SMILES string of the molecule is COc1cc(OC)c(N[C@@H](C)C(=O)Nc2ccc([N+](=O)[O-])cc2OC)cc1Cl. The molecule has 0 aliphatic carbocycles. The summed E-state index contributed by atoms with van der Waals surface area (Å²) in [5.74, 6) is 0.687. The van der Waals surface area contributed by atoms with Crippen molar-refractivity contribution < 1.29 is 23.9 Å². The van der Waals surface area contributed by atoms with E-state index < -0.39 is 11.0 Å². The zero-order valence-electron chi connectivity index (χ0n) is 15.7. The molecule has 2 aromatic carbocycles. The van der Waals surface area contributed by atoms with Crippen LogP contribution >= 0.6 is 11.6 Å². The smallest absolute Gasteiger partial charge is 0.273 e. The van der Waals surface area contributed by atoms with Crippen LogP contribution in [0.1, 0.15) is 6.92 Å². The molecule has 0 heterocycles. The van der Waals surface area contributed by atoms with E-state index in [2.05, 4.69) is 10.6 Å². The second-order valence-corrected chi connectivity index (χ2v) is 6.09. The van der Waals surface area contributed by atoms with Gasteiger partial charge in [0, 0.05) is 12.1 Å². The van der Waals surface area contributed by atoms with Crippen molar-refractivity contribution in [2.45, 2.75) is 13.0 Å². The van der Waals surface area contributed by atoms with Crippen LogP contribution in [0, 0.1) is 10.1 Å². The van der Waals surface area contributed by atoms with E-state index >= 15 is 0 Å². The van der Waals surface area contributed by atoms with Gasteiger partial charge in [-0.05, 0) is 19.1 Å². The summed E-state index contributed by atoms with van der Waals surface area (Å²) in [5.41, 5.74) is 0.678. The third kappa shape index (κ3) is 4.74. The van der Waals surface area contributed by atoms with E-state index in [4.69, 9.17) is 25.8 Å². The molecule has 0 saturated carbocycles. The van der Waals surface area contributed by atoms with Gasteiger partial charge in [-0.25, -0.2) is 0 Å². The number of carbonyl (C=O) groups is 1. The molecule has 2 aromatic rings. The first-order valence-electron chi connectivity index (χ1n) is 8.12. The maximum Gasteiger partial charge on any atom is 0.273 e. The van der Waals surface area contributed by atoms with Crippen LogP contribution in [0.4, 0.5) is 17.1 Å². The molecule has 0 bridgehead atoms. The molecule has 10 heteroatoms. The molecule has 0 saturated heterocycles. The van der Waals surface area contributed by atoms with Crippen molar-refractivity contribution in [3.63, 3.8) is 0 Å². The number of ether oxygens (including phenoxy) is 3. The van der Waals surface area contributed by atoms with Gasteiger partial charge in [0.05, 0.1) is 48.7 Å². The highest BCUT2D eigenvalue weighted by Gasteiger charge is 2.19. The number of benzene rings is 2. The maximum atomic E-state index is 12.5. The Labute approximate surface area is 166 Å². The van der Waals surface area contributed by atoms with Gasteiger partial charge < -0.3 is 24.8 Å². The number of nitro groups is 1. The van der Waals surface area contributed by atoms with E-state index in [1.54, 1.807) is 19.1 Å². The molecular formula is C18H20ClN3O6. The van der Waals surface area contributed by atoms with Gasteiger partial charge in [0.25, 0.3) is 5.69 Å². The highest BCUT2D eigenvalue weighted by Crippen LogP contribution is 2.36. The summed E-state index contributed by atoms with van der Waals surface area (Å²) in [6.45, 7) is 1.64. The van der Waals surface area contributed by atoms with Gasteiger partial charge in [-0.2, -0.15) is 0 Å². The van der Waals surface area contributed by atoms with Gasteiger partial charge in [-0.1, -0.05) is 11.6 Å². The van der Waals surface area contributed by atoms with Gasteiger partial charge in [0.1, 0.15) is 23.3 Å². The molecule has 1 amide bonds. The van der Waals surface area contributed by atoms with E-state index in [0.29, 0.717) is 27.9 Å². The summed E-state index contributed by atoms with van der Waals surface area (Å²) < 4.78 is 15.6. The average Bonchev–Trinajstić information content (AvgIpc) is 2.68. The van der Waals surface area contributed by atoms with E-state index in [0.717, 1.165) is 0 Å². The molecule has 0 aliphatic heterocycles. The molecule has 0 unspecified atom stereocenters. The van der Waals surface area contributed by atoms with Crippen molar-refractivity contribution in [2.75, 3.05) is 32.0 Å². The minimum absolute atomic E-state index is 0.140.